The molecule has 0 radical (unpaired) electrons. The smallest absolute Gasteiger partial charge is 0.391 e. The van der Waals surface area contributed by atoms with Crippen LogP contribution in [0.15, 0.2) is 0 Å². The molecular formula is C13H23F3N2O3. The first kappa shape index (κ1) is 19.5. The highest BCUT2D eigenvalue weighted by molar-refractivity contribution is 5.76. The molecule has 0 saturated heterocycles. The normalized spacial score (nSPS) is 15.2. The molecular weight excluding hydrogens is 289 g/mol. The van der Waals surface area contributed by atoms with Crippen LogP contribution in [0.25, 0.3) is 0 Å². The molecule has 21 heavy (non-hydrogen) atoms. The van der Waals surface area contributed by atoms with E-state index in [1.54, 1.807) is 0 Å². The first-order valence-electron chi connectivity index (χ1n) is 6.64. The predicted molar refractivity (Wildman–Crippen MR) is 71.9 cm³/mol. The molecule has 0 saturated carbocycles. The SMILES string of the molecule is CC(CC(F)(F)F)NC(=O)NCC(CC(C)(C)C)C(=O)O. The molecule has 0 bridgehead atoms. The minimum absolute atomic E-state index is 0.128. The number of carbonyl (C=O) groups is 2. The van der Waals surface area contributed by atoms with E-state index in [1.807, 2.05) is 20.8 Å². The number of aliphatic carboxylic acids is 1. The second-order valence-corrected chi connectivity index (χ2v) is 6.37. The summed E-state index contributed by atoms with van der Waals surface area (Å²) in [7, 11) is 0. The van der Waals surface area contributed by atoms with Crippen LogP contribution < -0.4 is 10.6 Å². The van der Waals surface area contributed by atoms with Crippen LogP contribution in [0.3, 0.4) is 0 Å². The first-order chi connectivity index (χ1) is 9.30. The number of urea groups is 1. The van der Waals surface area contributed by atoms with Gasteiger partial charge in [0.1, 0.15) is 0 Å². The van der Waals surface area contributed by atoms with Crippen molar-refractivity contribution in [3.63, 3.8) is 0 Å². The topological polar surface area (TPSA) is 78.4 Å². The Morgan fingerprint density at radius 2 is 1.67 bits per heavy atom. The van der Waals surface area contributed by atoms with Crippen LogP contribution in [0.2, 0.25) is 0 Å². The predicted octanol–water partition coefficient (Wildman–Crippen LogP) is 2.76. The average molecular weight is 312 g/mol. The van der Waals surface area contributed by atoms with Crippen LogP contribution in [-0.4, -0.2) is 35.9 Å². The zero-order valence-electron chi connectivity index (χ0n) is 12.7. The molecule has 2 amide bonds. The summed E-state index contributed by atoms with van der Waals surface area (Å²) in [5.74, 6) is -1.83. The molecule has 0 aliphatic carbocycles. The molecule has 2 atom stereocenters. The van der Waals surface area contributed by atoms with Gasteiger partial charge in [-0.1, -0.05) is 20.8 Å². The van der Waals surface area contributed by atoms with Crippen molar-refractivity contribution in [2.45, 2.75) is 52.8 Å². The molecule has 0 fully saturated rings. The van der Waals surface area contributed by atoms with E-state index < -0.39 is 36.6 Å². The van der Waals surface area contributed by atoms with Gasteiger partial charge >= 0.3 is 18.2 Å². The highest BCUT2D eigenvalue weighted by Crippen LogP contribution is 2.24. The van der Waals surface area contributed by atoms with E-state index in [9.17, 15) is 22.8 Å². The number of carboxylic acids is 1. The van der Waals surface area contributed by atoms with E-state index in [1.165, 1.54) is 6.92 Å². The van der Waals surface area contributed by atoms with Gasteiger partial charge in [0.25, 0.3) is 0 Å². The number of nitrogens with one attached hydrogen (secondary N) is 2. The number of rotatable bonds is 6. The van der Waals surface area contributed by atoms with Crippen molar-refractivity contribution in [2.24, 2.45) is 11.3 Å². The molecule has 3 N–H and O–H groups in total. The fourth-order valence-corrected chi connectivity index (χ4v) is 1.87. The minimum Gasteiger partial charge on any atom is -0.481 e. The lowest BCUT2D eigenvalue weighted by Crippen LogP contribution is -2.45. The second-order valence-electron chi connectivity index (χ2n) is 6.37. The molecule has 0 aromatic heterocycles. The Kier molecular flexibility index (Phi) is 6.99. The van der Waals surface area contributed by atoms with E-state index in [4.69, 9.17) is 5.11 Å². The van der Waals surface area contributed by atoms with Crippen LogP contribution in [-0.2, 0) is 4.79 Å². The summed E-state index contributed by atoms with van der Waals surface area (Å²) in [5.41, 5.74) is -0.231. The largest absolute Gasteiger partial charge is 0.481 e. The zero-order valence-corrected chi connectivity index (χ0v) is 12.7. The van der Waals surface area contributed by atoms with E-state index in [2.05, 4.69) is 10.6 Å². The molecule has 124 valence electrons. The maximum Gasteiger partial charge on any atom is 0.391 e. The molecule has 0 spiro atoms. The Morgan fingerprint density at radius 3 is 2.05 bits per heavy atom. The highest BCUT2D eigenvalue weighted by Gasteiger charge is 2.31. The van der Waals surface area contributed by atoms with Gasteiger partial charge in [-0.25, -0.2) is 4.79 Å². The number of carboxylic acid groups (broad SMARTS) is 1. The zero-order chi connectivity index (χ0) is 16.8. The summed E-state index contributed by atoms with van der Waals surface area (Å²) in [6, 6.07) is -1.87. The number of halogens is 3. The van der Waals surface area contributed by atoms with Crippen LogP contribution in [0.4, 0.5) is 18.0 Å². The van der Waals surface area contributed by atoms with Crippen LogP contribution in [0, 0.1) is 11.3 Å². The molecule has 2 unspecified atom stereocenters. The Hall–Kier alpha value is -1.47. The number of amides is 2. The lowest BCUT2D eigenvalue weighted by atomic mass is 9.84. The number of hydrogen-bond donors (Lipinski definition) is 3. The van der Waals surface area contributed by atoms with Crippen molar-refractivity contribution in [3.05, 3.63) is 0 Å². The van der Waals surface area contributed by atoms with Crippen molar-refractivity contribution in [2.75, 3.05) is 6.54 Å². The summed E-state index contributed by atoms with van der Waals surface area (Å²) in [4.78, 5) is 22.5. The van der Waals surface area contributed by atoms with Crippen molar-refractivity contribution < 1.29 is 27.9 Å². The molecule has 8 heteroatoms. The van der Waals surface area contributed by atoms with Gasteiger partial charge in [-0.3, -0.25) is 4.79 Å². The lowest BCUT2D eigenvalue weighted by molar-refractivity contribution is -0.142. The Labute approximate surface area is 122 Å². The third-order valence-corrected chi connectivity index (χ3v) is 2.63. The summed E-state index contributed by atoms with van der Waals surface area (Å²) in [5, 5.41) is 13.5. The van der Waals surface area contributed by atoms with Gasteiger partial charge in [-0.2, -0.15) is 13.2 Å². The fourth-order valence-electron chi connectivity index (χ4n) is 1.87. The van der Waals surface area contributed by atoms with Crippen molar-refractivity contribution in [1.29, 1.82) is 0 Å². The van der Waals surface area contributed by atoms with Crippen molar-refractivity contribution in [1.82, 2.24) is 10.6 Å². The number of alkyl halides is 3. The Morgan fingerprint density at radius 1 is 1.14 bits per heavy atom. The number of carbonyl (C=O) groups excluding carboxylic acids is 1. The fraction of sp³-hybridized carbons (Fsp3) is 0.846. The molecule has 0 aliphatic rings. The summed E-state index contributed by atoms with van der Waals surface area (Å²) in [6.07, 6.45) is -5.14. The van der Waals surface area contributed by atoms with E-state index in [0.29, 0.717) is 6.42 Å². The van der Waals surface area contributed by atoms with E-state index in [-0.39, 0.29) is 12.0 Å². The maximum atomic E-state index is 12.1. The summed E-state index contributed by atoms with van der Waals surface area (Å²) >= 11 is 0. The quantitative estimate of drug-likeness (QED) is 0.705. The van der Waals surface area contributed by atoms with Gasteiger partial charge in [-0.15, -0.1) is 0 Å². The van der Waals surface area contributed by atoms with Gasteiger partial charge in [0, 0.05) is 12.6 Å². The third-order valence-electron chi connectivity index (χ3n) is 2.63. The Balaban J connectivity index is 4.29. The molecule has 0 heterocycles. The lowest BCUT2D eigenvalue weighted by Gasteiger charge is -2.24. The van der Waals surface area contributed by atoms with Gasteiger partial charge in [0.2, 0.25) is 0 Å². The maximum absolute atomic E-state index is 12.1. The first-order valence-corrected chi connectivity index (χ1v) is 6.64. The van der Waals surface area contributed by atoms with E-state index >= 15 is 0 Å². The van der Waals surface area contributed by atoms with Crippen molar-refractivity contribution in [3.8, 4) is 0 Å². The standard InChI is InChI=1S/C13H23F3N2O3/c1-8(5-13(14,15)16)18-11(21)17-7-9(10(19)20)6-12(2,3)4/h8-9H,5-7H2,1-4H3,(H,19,20)(H2,17,18,21). The molecule has 0 rings (SSSR count). The molecule has 5 nitrogen and oxygen atoms in total. The highest BCUT2D eigenvalue weighted by atomic mass is 19.4. The minimum atomic E-state index is -4.36. The molecule has 0 aromatic rings. The van der Waals surface area contributed by atoms with Crippen LogP contribution in [0.1, 0.15) is 40.5 Å². The third kappa shape index (κ3) is 10.9. The average Bonchev–Trinajstić information content (AvgIpc) is 2.19. The van der Waals surface area contributed by atoms with E-state index in [0.717, 1.165) is 0 Å². The van der Waals surface area contributed by atoms with Gasteiger partial charge < -0.3 is 15.7 Å². The van der Waals surface area contributed by atoms with Gasteiger partial charge in [0.15, 0.2) is 0 Å². The number of hydrogen-bond acceptors (Lipinski definition) is 2. The second kappa shape index (κ2) is 7.51. The summed E-state index contributed by atoms with van der Waals surface area (Å²) < 4.78 is 36.3. The van der Waals surface area contributed by atoms with Gasteiger partial charge in [-0.05, 0) is 18.8 Å². The molecule has 0 aromatic carbocycles. The molecule has 0 aliphatic heterocycles. The van der Waals surface area contributed by atoms with Crippen LogP contribution >= 0.6 is 0 Å². The van der Waals surface area contributed by atoms with Gasteiger partial charge in [0.05, 0.1) is 12.3 Å². The monoisotopic (exact) mass is 312 g/mol. The summed E-state index contributed by atoms with van der Waals surface area (Å²) in [6.45, 7) is 6.71. The van der Waals surface area contributed by atoms with Crippen LogP contribution in [0.5, 0.6) is 0 Å². The Bertz CT molecular complexity index is 365. The van der Waals surface area contributed by atoms with Crippen molar-refractivity contribution >= 4 is 12.0 Å².